The second kappa shape index (κ2) is 4.37. The van der Waals surface area contributed by atoms with Gasteiger partial charge in [-0.15, -0.1) is 0 Å². The smallest absolute Gasteiger partial charge is 0.128 e. The van der Waals surface area contributed by atoms with Crippen molar-refractivity contribution in [3.05, 3.63) is 53.6 Å². The number of benzene rings is 2. The van der Waals surface area contributed by atoms with Crippen LogP contribution in [-0.4, -0.2) is 10.2 Å². The molecule has 0 bridgehead atoms. The van der Waals surface area contributed by atoms with Crippen LogP contribution < -0.4 is 0 Å². The van der Waals surface area contributed by atoms with Gasteiger partial charge in [-0.2, -0.15) is 0 Å². The summed E-state index contributed by atoms with van der Waals surface area (Å²) in [5, 5.41) is 19.2. The van der Waals surface area contributed by atoms with Gasteiger partial charge in [0.05, 0.1) is 6.61 Å². The maximum Gasteiger partial charge on any atom is 0.128 e. The Balaban J connectivity index is 2.61. The largest absolute Gasteiger partial charge is 0.507 e. The Morgan fingerprint density at radius 2 is 1.75 bits per heavy atom. The first-order chi connectivity index (χ1) is 7.72. The van der Waals surface area contributed by atoms with Crippen molar-refractivity contribution >= 4 is 0 Å². The van der Waals surface area contributed by atoms with E-state index in [-0.39, 0.29) is 12.4 Å². The summed E-state index contributed by atoms with van der Waals surface area (Å²) in [5.74, 6) is 0.166. The quantitative estimate of drug-likeness (QED) is 0.807. The predicted molar refractivity (Wildman–Crippen MR) is 64.2 cm³/mol. The summed E-state index contributed by atoms with van der Waals surface area (Å²) in [4.78, 5) is 0. The molecule has 0 radical (unpaired) electrons. The van der Waals surface area contributed by atoms with Crippen LogP contribution in [0.4, 0.5) is 0 Å². The van der Waals surface area contributed by atoms with Crippen molar-refractivity contribution in [2.24, 2.45) is 0 Å². The fraction of sp³-hybridized carbons (Fsp3) is 0.143. The third kappa shape index (κ3) is 1.92. The lowest BCUT2D eigenvalue weighted by atomic mass is 9.99. The van der Waals surface area contributed by atoms with E-state index in [1.165, 1.54) is 0 Å². The van der Waals surface area contributed by atoms with Gasteiger partial charge in [0.15, 0.2) is 0 Å². The first kappa shape index (κ1) is 10.7. The summed E-state index contributed by atoms with van der Waals surface area (Å²) in [5.41, 5.74) is 3.32. The third-order valence-corrected chi connectivity index (χ3v) is 2.59. The minimum absolute atomic E-state index is 0.145. The van der Waals surface area contributed by atoms with Gasteiger partial charge in [-0.1, -0.05) is 36.4 Å². The molecule has 0 saturated heterocycles. The van der Waals surface area contributed by atoms with Crippen molar-refractivity contribution in [3.8, 4) is 16.9 Å². The number of phenols is 1. The average Bonchev–Trinajstić information content (AvgIpc) is 2.33. The van der Waals surface area contributed by atoms with Gasteiger partial charge in [-0.3, -0.25) is 0 Å². The molecule has 0 aromatic heterocycles. The van der Waals surface area contributed by atoms with Gasteiger partial charge in [-0.25, -0.2) is 0 Å². The number of aromatic hydroxyl groups is 1. The SMILES string of the molecule is Cc1cc(CO)c(O)c(-c2ccccc2)c1. The van der Waals surface area contributed by atoms with Crippen LogP contribution in [0.3, 0.4) is 0 Å². The van der Waals surface area contributed by atoms with E-state index >= 15 is 0 Å². The molecule has 0 amide bonds. The minimum Gasteiger partial charge on any atom is -0.507 e. The molecule has 2 nitrogen and oxygen atoms in total. The maximum atomic E-state index is 10.0. The van der Waals surface area contributed by atoms with Crippen molar-refractivity contribution in [1.82, 2.24) is 0 Å². The molecule has 0 atom stereocenters. The van der Waals surface area contributed by atoms with Gasteiger partial charge in [0.25, 0.3) is 0 Å². The van der Waals surface area contributed by atoms with E-state index in [2.05, 4.69) is 0 Å². The predicted octanol–water partition coefficient (Wildman–Crippen LogP) is 2.86. The molecule has 2 aromatic rings. The first-order valence-corrected chi connectivity index (χ1v) is 5.21. The summed E-state index contributed by atoms with van der Waals surface area (Å²) in [7, 11) is 0. The Bertz CT molecular complexity index is 490. The fourth-order valence-electron chi connectivity index (χ4n) is 1.81. The molecule has 0 saturated carbocycles. The lowest BCUT2D eigenvalue weighted by Gasteiger charge is -2.10. The van der Waals surface area contributed by atoms with Crippen LogP contribution >= 0.6 is 0 Å². The zero-order valence-electron chi connectivity index (χ0n) is 9.14. The molecule has 0 unspecified atom stereocenters. The second-order valence-electron chi connectivity index (χ2n) is 3.84. The minimum atomic E-state index is -0.145. The summed E-state index contributed by atoms with van der Waals surface area (Å²) >= 11 is 0. The van der Waals surface area contributed by atoms with Crippen molar-refractivity contribution < 1.29 is 10.2 Å². The second-order valence-corrected chi connectivity index (χ2v) is 3.84. The van der Waals surface area contributed by atoms with Crippen molar-refractivity contribution in [1.29, 1.82) is 0 Å². The van der Waals surface area contributed by atoms with E-state index in [1.54, 1.807) is 6.07 Å². The molecule has 2 aromatic carbocycles. The summed E-state index contributed by atoms with van der Waals surface area (Å²) in [6, 6.07) is 13.4. The lowest BCUT2D eigenvalue weighted by Crippen LogP contribution is -1.89. The van der Waals surface area contributed by atoms with Gasteiger partial charge in [-0.05, 0) is 24.1 Å². The zero-order valence-corrected chi connectivity index (χ0v) is 9.14. The van der Waals surface area contributed by atoms with Crippen LogP contribution in [0.2, 0.25) is 0 Å². The first-order valence-electron chi connectivity index (χ1n) is 5.21. The molecular weight excluding hydrogens is 200 g/mol. The monoisotopic (exact) mass is 214 g/mol. The Kier molecular flexibility index (Phi) is 2.93. The lowest BCUT2D eigenvalue weighted by molar-refractivity contribution is 0.275. The number of aliphatic hydroxyl groups is 1. The third-order valence-electron chi connectivity index (χ3n) is 2.59. The Morgan fingerprint density at radius 1 is 1.06 bits per heavy atom. The van der Waals surface area contributed by atoms with Crippen LogP contribution in [-0.2, 0) is 6.61 Å². The number of hydrogen-bond donors (Lipinski definition) is 2. The number of rotatable bonds is 2. The Labute approximate surface area is 94.8 Å². The summed E-state index contributed by atoms with van der Waals surface area (Å²) in [6.45, 7) is 1.80. The highest BCUT2D eigenvalue weighted by Gasteiger charge is 2.09. The molecule has 0 aliphatic carbocycles. The number of aliphatic hydroxyl groups excluding tert-OH is 1. The van der Waals surface area contributed by atoms with E-state index in [9.17, 15) is 5.11 Å². The van der Waals surface area contributed by atoms with Crippen LogP contribution in [0.5, 0.6) is 5.75 Å². The van der Waals surface area contributed by atoms with Crippen LogP contribution in [0.15, 0.2) is 42.5 Å². The summed E-state index contributed by atoms with van der Waals surface area (Å²) < 4.78 is 0. The molecule has 0 aliphatic heterocycles. The van der Waals surface area contributed by atoms with Crippen LogP contribution in [0.25, 0.3) is 11.1 Å². The van der Waals surface area contributed by atoms with Crippen LogP contribution in [0, 0.1) is 6.92 Å². The van der Waals surface area contributed by atoms with E-state index < -0.39 is 0 Å². The Morgan fingerprint density at radius 3 is 2.38 bits per heavy atom. The van der Waals surface area contributed by atoms with E-state index in [0.717, 1.165) is 16.7 Å². The molecular formula is C14H14O2. The topological polar surface area (TPSA) is 40.5 Å². The highest BCUT2D eigenvalue weighted by Crippen LogP contribution is 2.33. The van der Waals surface area contributed by atoms with Crippen LogP contribution in [0.1, 0.15) is 11.1 Å². The molecule has 16 heavy (non-hydrogen) atoms. The fourth-order valence-corrected chi connectivity index (χ4v) is 1.81. The highest BCUT2D eigenvalue weighted by molar-refractivity contribution is 5.72. The van der Waals surface area contributed by atoms with Crippen molar-refractivity contribution in [3.63, 3.8) is 0 Å². The van der Waals surface area contributed by atoms with Gasteiger partial charge in [0.1, 0.15) is 5.75 Å². The molecule has 2 rings (SSSR count). The number of aryl methyl sites for hydroxylation is 1. The molecule has 2 N–H and O–H groups in total. The van der Waals surface area contributed by atoms with E-state index in [1.807, 2.05) is 43.3 Å². The molecule has 0 heterocycles. The van der Waals surface area contributed by atoms with Gasteiger partial charge in [0.2, 0.25) is 0 Å². The summed E-state index contributed by atoms with van der Waals surface area (Å²) in [6.07, 6.45) is 0. The van der Waals surface area contributed by atoms with Gasteiger partial charge >= 0.3 is 0 Å². The Hall–Kier alpha value is -1.80. The molecule has 82 valence electrons. The number of hydrogen-bond acceptors (Lipinski definition) is 2. The van der Waals surface area contributed by atoms with E-state index in [0.29, 0.717) is 5.56 Å². The van der Waals surface area contributed by atoms with Gasteiger partial charge < -0.3 is 10.2 Å². The van der Waals surface area contributed by atoms with Crippen molar-refractivity contribution in [2.75, 3.05) is 0 Å². The molecule has 0 spiro atoms. The normalized spacial score (nSPS) is 10.4. The van der Waals surface area contributed by atoms with Gasteiger partial charge in [0, 0.05) is 11.1 Å². The average molecular weight is 214 g/mol. The molecule has 2 heteroatoms. The maximum absolute atomic E-state index is 10.0. The molecule has 0 aliphatic rings. The van der Waals surface area contributed by atoms with E-state index in [4.69, 9.17) is 5.11 Å². The standard InChI is InChI=1S/C14H14O2/c1-10-7-12(9-15)14(16)13(8-10)11-5-3-2-4-6-11/h2-8,15-16H,9H2,1H3. The zero-order chi connectivity index (χ0) is 11.5. The molecule has 0 fully saturated rings. The highest BCUT2D eigenvalue weighted by atomic mass is 16.3. The van der Waals surface area contributed by atoms with Crippen molar-refractivity contribution in [2.45, 2.75) is 13.5 Å².